The number of hydrogen-bond donors (Lipinski definition) is 1. The number of nitrogens with two attached hydrogens (primary N) is 1. The third-order valence-corrected chi connectivity index (χ3v) is 7.90. The topological polar surface area (TPSA) is 44.5 Å². The molecule has 0 aromatic heterocycles. The van der Waals surface area contributed by atoms with Crippen LogP contribution in [-0.2, 0) is 0 Å². The maximum atomic E-state index is 6.01. The summed E-state index contributed by atoms with van der Waals surface area (Å²) in [6.07, 6.45) is 21.2. The van der Waals surface area contributed by atoms with Crippen LogP contribution in [0.4, 0.5) is 5.69 Å². The molecule has 0 radical (unpaired) electrons. The Morgan fingerprint density at radius 3 is 1.92 bits per heavy atom. The van der Waals surface area contributed by atoms with Crippen LogP contribution < -0.4 is 15.2 Å². The molecule has 1 fully saturated rings. The maximum absolute atomic E-state index is 6.01. The molecule has 1 aliphatic rings. The van der Waals surface area contributed by atoms with Crippen LogP contribution in [0, 0.1) is 5.92 Å². The van der Waals surface area contributed by atoms with Crippen molar-refractivity contribution in [1.82, 2.24) is 0 Å². The lowest BCUT2D eigenvalue weighted by molar-refractivity contribution is 0.299. The third kappa shape index (κ3) is 10.8. The minimum atomic E-state index is 0.726. The standard InChI is InChI=1S/C33H51NO2/c1-2-3-10-15-28-18-20-29(21-19-28)30-22-24-31(25-23-30)35-26-13-8-6-4-5-7-9-14-27-36-33-17-12-11-16-32(33)34/h11-12,16-17,22-25,28-29H,2-10,13-15,18-21,26-27,34H2,1H3. The van der Waals surface area contributed by atoms with Crippen LogP contribution in [0.2, 0.25) is 0 Å². The molecule has 0 aliphatic heterocycles. The quantitative estimate of drug-likeness (QED) is 0.166. The lowest BCUT2D eigenvalue weighted by Crippen LogP contribution is -2.13. The molecule has 0 saturated heterocycles. The van der Waals surface area contributed by atoms with Crippen molar-refractivity contribution in [3.05, 3.63) is 54.1 Å². The Kier molecular flexibility index (Phi) is 13.7. The van der Waals surface area contributed by atoms with E-state index in [9.17, 15) is 0 Å². The largest absolute Gasteiger partial charge is 0.494 e. The Balaban J connectivity index is 1.14. The molecule has 0 atom stereocenters. The number of hydrogen-bond acceptors (Lipinski definition) is 3. The van der Waals surface area contributed by atoms with E-state index in [4.69, 9.17) is 15.2 Å². The normalized spacial score (nSPS) is 17.7. The van der Waals surface area contributed by atoms with E-state index in [1.807, 2.05) is 24.3 Å². The Hall–Kier alpha value is -2.16. The van der Waals surface area contributed by atoms with Gasteiger partial charge in [0.2, 0.25) is 0 Å². The molecule has 2 N–H and O–H groups in total. The highest BCUT2D eigenvalue weighted by atomic mass is 16.5. The number of ether oxygens (including phenoxy) is 2. The SMILES string of the molecule is CCCCCC1CCC(c2ccc(OCCCCCCCCCCOc3ccccc3N)cc2)CC1. The van der Waals surface area contributed by atoms with Gasteiger partial charge in [-0.2, -0.15) is 0 Å². The molecule has 1 saturated carbocycles. The fraction of sp³-hybridized carbons (Fsp3) is 0.636. The Bertz CT molecular complexity index is 811. The first kappa shape index (κ1) is 28.4. The number of nitrogen functional groups attached to an aromatic ring is 1. The van der Waals surface area contributed by atoms with Crippen LogP contribution in [0.15, 0.2) is 48.5 Å². The number of rotatable bonds is 18. The van der Waals surface area contributed by atoms with Crippen LogP contribution in [0.1, 0.15) is 121 Å². The van der Waals surface area contributed by atoms with Gasteiger partial charge in [-0.1, -0.05) is 95.4 Å². The fourth-order valence-corrected chi connectivity index (χ4v) is 5.55. The summed E-state index contributed by atoms with van der Waals surface area (Å²) in [6, 6.07) is 16.7. The van der Waals surface area contributed by atoms with Crippen molar-refractivity contribution in [1.29, 1.82) is 0 Å². The molecule has 2 aromatic rings. The minimum absolute atomic E-state index is 0.726. The Morgan fingerprint density at radius 1 is 0.667 bits per heavy atom. The van der Waals surface area contributed by atoms with E-state index in [-0.39, 0.29) is 0 Å². The van der Waals surface area contributed by atoms with Gasteiger partial charge in [-0.15, -0.1) is 0 Å². The van der Waals surface area contributed by atoms with E-state index >= 15 is 0 Å². The van der Waals surface area contributed by atoms with Gasteiger partial charge in [0, 0.05) is 0 Å². The van der Waals surface area contributed by atoms with Crippen LogP contribution in [0.5, 0.6) is 11.5 Å². The summed E-state index contributed by atoms with van der Waals surface area (Å²) in [5.41, 5.74) is 8.15. The first-order valence-electron chi connectivity index (χ1n) is 15.0. The summed E-state index contributed by atoms with van der Waals surface area (Å²) in [4.78, 5) is 0. The zero-order valence-corrected chi connectivity index (χ0v) is 22.9. The molecule has 0 bridgehead atoms. The summed E-state index contributed by atoms with van der Waals surface area (Å²) >= 11 is 0. The second kappa shape index (κ2) is 17.3. The summed E-state index contributed by atoms with van der Waals surface area (Å²) in [5, 5.41) is 0. The van der Waals surface area contributed by atoms with Crippen molar-refractivity contribution in [3.8, 4) is 11.5 Å². The van der Waals surface area contributed by atoms with E-state index in [0.29, 0.717) is 0 Å². The van der Waals surface area contributed by atoms with E-state index < -0.39 is 0 Å². The molecule has 0 spiro atoms. The highest BCUT2D eigenvalue weighted by Crippen LogP contribution is 2.38. The number of anilines is 1. The van der Waals surface area contributed by atoms with Gasteiger partial charge in [-0.3, -0.25) is 0 Å². The van der Waals surface area contributed by atoms with Gasteiger partial charge in [0.1, 0.15) is 11.5 Å². The van der Waals surface area contributed by atoms with Gasteiger partial charge in [-0.25, -0.2) is 0 Å². The van der Waals surface area contributed by atoms with Crippen LogP contribution >= 0.6 is 0 Å². The maximum Gasteiger partial charge on any atom is 0.142 e. The highest BCUT2D eigenvalue weighted by molar-refractivity contribution is 5.51. The van der Waals surface area contributed by atoms with E-state index in [0.717, 1.165) is 55.1 Å². The Labute approximate surface area is 221 Å². The van der Waals surface area contributed by atoms with Gasteiger partial charge in [0.15, 0.2) is 0 Å². The number of benzene rings is 2. The summed E-state index contributed by atoms with van der Waals surface area (Å²) in [7, 11) is 0. The van der Waals surface area contributed by atoms with E-state index in [1.54, 1.807) is 0 Å². The monoisotopic (exact) mass is 493 g/mol. The molecule has 1 aliphatic carbocycles. The van der Waals surface area contributed by atoms with E-state index in [2.05, 4.69) is 31.2 Å². The van der Waals surface area contributed by atoms with E-state index in [1.165, 1.54) is 95.5 Å². The van der Waals surface area contributed by atoms with Crippen molar-refractivity contribution in [2.24, 2.45) is 5.92 Å². The first-order valence-corrected chi connectivity index (χ1v) is 15.0. The molecule has 3 rings (SSSR count). The molecule has 200 valence electrons. The predicted molar refractivity (Wildman–Crippen MR) is 154 cm³/mol. The minimum Gasteiger partial charge on any atom is -0.494 e. The zero-order chi connectivity index (χ0) is 25.3. The molecule has 3 heteroatoms. The number of unbranched alkanes of at least 4 members (excludes halogenated alkanes) is 9. The van der Waals surface area contributed by atoms with Crippen molar-refractivity contribution in [3.63, 3.8) is 0 Å². The first-order chi connectivity index (χ1) is 17.8. The molecular weight excluding hydrogens is 442 g/mol. The fourth-order valence-electron chi connectivity index (χ4n) is 5.55. The van der Waals surface area contributed by atoms with Crippen LogP contribution in [0.3, 0.4) is 0 Å². The molecular formula is C33H51NO2. The Morgan fingerprint density at radius 2 is 1.28 bits per heavy atom. The average Bonchev–Trinajstić information content (AvgIpc) is 2.91. The molecule has 3 nitrogen and oxygen atoms in total. The second-order valence-electron chi connectivity index (χ2n) is 10.8. The second-order valence-corrected chi connectivity index (χ2v) is 10.8. The smallest absolute Gasteiger partial charge is 0.142 e. The van der Waals surface area contributed by atoms with Crippen molar-refractivity contribution < 1.29 is 9.47 Å². The van der Waals surface area contributed by atoms with Gasteiger partial charge >= 0.3 is 0 Å². The summed E-state index contributed by atoms with van der Waals surface area (Å²) in [5.74, 6) is 3.59. The van der Waals surface area contributed by atoms with Crippen molar-refractivity contribution in [2.45, 2.75) is 116 Å². The lowest BCUT2D eigenvalue weighted by atomic mass is 9.77. The van der Waals surface area contributed by atoms with Crippen molar-refractivity contribution >= 4 is 5.69 Å². The molecule has 36 heavy (non-hydrogen) atoms. The summed E-state index contributed by atoms with van der Waals surface area (Å²) < 4.78 is 11.8. The average molecular weight is 494 g/mol. The zero-order valence-electron chi connectivity index (χ0n) is 22.9. The van der Waals surface area contributed by atoms with Crippen molar-refractivity contribution in [2.75, 3.05) is 18.9 Å². The molecule has 0 unspecified atom stereocenters. The van der Waals surface area contributed by atoms with Gasteiger partial charge < -0.3 is 15.2 Å². The summed E-state index contributed by atoms with van der Waals surface area (Å²) in [6.45, 7) is 3.89. The van der Waals surface area contributed by atoms with Crippen LogP contribution in [0.25, 0.3) is 0 Å². The lowest BCUT2D eigenvalue weighted by Gasteiger charge is -2.29. The molecule has 2 aromatic carbocycles. The molecule has 0 amide bonds. The predicted octanol–water partition coefficient (Wildman–Crippen LogP) is 9.70. The van der Waals surface area contributed by atoms with Gasteiger partial charge in [0.05, 0.1) is 18.9 Å². The third-order valence-electron chi connectivity index (χ3n) is 7.90. The van der Waals surface area contributed by atoms with Gasteiger partial charge in [-0.05, 0) is 80.2 Å². The number of para-hydroxylation sites is 2. The highest BCUT2D eigenvalue weighted by Gasteiger charge is 2.22. The van der Waals surface area contributed by atoms with Crippen LogP contribution in [-0.4, -0.2) is 13.2 Å². The van der Waals surface area contributed by atoms with Gasteiger partial charge in [0.25, 0.3) is 0 Å². The molecule has 0 heterocycles.